The molecule has 0 amide bonds. The van der Waals surface area contributed by atoms with Crippen molar-refractivity contribution in [3.05, 3.63) is 64.7 Å². The third-order valence-corrected chi connectivity index (χ3v) is 4.68. The Morgan fingerprint density at radius 2 is 1.74 bits per heavy atom. The van der Waals surface area contributed by atoms with E-state index in [1.165, 1.54) is 22.3 Å². The highest BCUT2D eigenvalue weighted by Gasteiger charge is 2.27. The largest absolute Gasteiger partial charge is 0.496 e. The van der Waals surface area contributed by atoms with Gasteiger partial charge < -0.3 is 10.1 Å². The fourth-order valence-corrected chi connectivity index (χ4v) is 3.46. The first-order chi connectivity index (χ1) is 11.2. The number of rotatable bonds is 4. The Morgan fingerprint density at radius 3 is 2.43 bits per heavy atom. The van der Waals surface area contributed by atoms with Gasteiger partial charge in [0.05, 0.1) is 13.2 Å². The lowest BCUT2D eigenvalue weighted by atomic mass is 9.91. The van der Waals surface area contributed by atoms with E-state index in [-0.39, 0.29) is 6.04 Å². The highest BCUT2D eigenvalue weighted by atomic mass is 16.5. The first-order valence-electron chi connectivity index (χ1n) is 8.35. The fraction of sp³-hybridized carbons (Fsp3) is 0.400. The molecule has 0 spiro atoms. The van der Waals surface area contributed by atoms with Crippen molar-refractivity contribution in [3.63, 3.8) is 0 Å². The third kappa shape index (κ3) is 3.41. The van der Waals surface area contributed by atoms with Crippen LogP contribution in [0.2, 0.25) is 0 Å². The van der Waals surface area contributed by atoms with Gasteiger partial charge in [-0.2, -0.15) is 0 Å². The zero-order chi connectivity index (χ0) is 16.2. The first-order valence-corrected chi connectivity index (χ1v) is 8.35. The molecule has 0 aliphatic carbocycles. The van der Waals surface area contributed by atoms with Crippen molar-refractivity contribution < 1.29 is 4.74 Å². The first kappa shape index (κ1) is 16.0. The number of ether oxygens (including phenoxy) is 1. The molecule has 2 aromatic carbocycles. The van der Waals surface area contributed by atoms with Crippen molar-refractivity contribution in [3.8, 4) is 5.75 Å². The zero-order valence-electron chi connectivity index (χ0n) is 14.3. The van der Waals surface area contributed by atoms with E-state index in [1.807, 2.05) is 0 Å². The smallest absolute Gasteiger partial charge is 0.124 e. The number of piperazine rings is 1. The van der Waals surface area contributed by atoms with Crippen molar-refractivity contribution in [1.82, 2.24) is 10.2 Å². The van der Waals surface area contributed by atoms with Crippen LogP contribution in [0.25, 0.3) is 0 Å². The van der Waals surface area contributed by atoms with Crippen molar-refractivity contribution in [2.45, 2.75) is 19.9 Å². The lowest BCUT2D eigenvalue weighted by Gasteiger charge is -2.37. The molecule has 1 aliphatic heterocycles. The molecule has 3 rings (SSSR count). The van der Waals surface area contributed by atoms with Gasteiger partial charge in [-0.05, 0) is 31.0 Å². The molecule has 3 heteroatoms. The van der Waals surface area contributed by atoms with E-state index in [0.717, 1.165) is 31.9 Å². The van der Waals surface area contributed by atoms with E-state index in [2.05, 4.69) is 66.5 Å². The summed E-state index contributed by atoms with van der Waals surface area (Å²) in [5.74, 6) is 0.974. The van der Waals surface area contributed by atoms with E-state index in [1.54, 1.807) is 7.11 Å². The van der Waals surface area contributed by atoms with Gasteiger partial charge in [0.25, 0.3) is 0 Å². The maximum atomic E-state index is 5.69. The van der Waals surface area contributed by atoms with E-state index < -0.39 is 0 Å². The van der Waals surface area contributed by atoms with Crippen LogP contribution in [0.3, 0.4) is 0 Å². The number of hydrogen-bond acceptors (Lipinski definition) is 3. The number of methoxy groups -OCH3 is 1. The Bertz CT molecular complexity index is 662. The van der Waals surface area contributed by atoms with Crippen molar-refractivity contribution in [2.75, 3.05) is 33.3 Å². The zero-order valence-corrected chi connectivity index (χ0v) is 14.3. The summed E-state index contributed by atoms with van der Waals surface area (Å²) in [4.78, 5) is 2.57. The number of aryl methyl sites for hydroxylation is 2. The molecule has 0 radical (unpaired) electrons. The molecule has 0 aromatic heterocycles. The molecule has 1 saturated heterocycles. The summed E-state index contributed by atoms with van der Waals surface area (Å²) < 4.78 is 5.69. The number of nitrogens with zero attached hydrogens (tertiary/aromatic N) is 1. The van der Waals surface area contributed by atoms with Crippen LogP contribution in [-0.2, 0) is 0 Å². The van der Waals surface area contributed by atoms with E-state index in [0.29, 0.717) is 0 Å². The van der Waals surface area contributed by atoms with Crippen molar-refractivity contribution in [1.29, 1.82) is 0 Å². The van der Waals surface area contributed by atoms with Gasteiger partial charge in [0.1, 0.15) is 5.75 Å². The van der Waals surface area contributed by atoms with E-state index >= 15 is 0 Å². The summed E-state index contributed by atoms with van der Waals surface area (Å²) in [6.45, 7) is 8.53. The molecular weight excluding hydrogens is 284 g/mol. The van der Waals surface area contributed by atoms with Gasteiger partial charge in [-0.3, -0.25) is 4.90 Å². The third-order valence-electron chi connectivity index (χ3n) is 4.68. The minimum atomic E-state index is 0.244. The molecule has 3 nitrogen and oxygen atoms in total. The van der Waals surface area contributed by atoms with Gasteiger partial charge in [0.15, 0.2) is 0 Å². The molecule has 1 unspecified atom stereocenters. The number of benzene rings is 2. The lowest BCUT2D eigenvalue weighted by Crippen LogP contribution is -2.45. The Hall–Kier alpha value is -1.84. The summed E-state index contributed by atoms with van der Waals surface area (Å²) in [5.41, 5.74) is 5.25. The van der Waals surface area contributed by atoms with Crippen LogP contribution >= 0.6 is 0 Å². The summed E-state index contributed by atoms with van der Waals surface area (Å²) in [6.07, 6.45) is 0. The number of nitrogens with one attached hydrogen (secondary N) is 1. The molecule has 1 aliphatic rings. The average molecular weight is 310 g/mol. The number of hydrogen-bond donors (Lipinski definition) is 1. The van der Waals surface area contributed by atoms with Crippen LogP contribution in [0.4, 0.5) is 0 Å². The molecule has 0 bridgehead atoms. The molecule has 23 heavy (non-hydrogen) atoms. The van der Waals surface area contributed by atoms with Crippen LogP contribution < -0.4 is 10.1 Å². The van der Waals surface area contributed by atoms with Gasteiger partial charge in [0.2, 0.25) is 0 Å². The van der Waals surface area contributed by atoms with Gasteiger partial charge in [-0.25, -0.2) is 0 Å². The second kappa shape index (κ2) is 7.16. The fourth-order valence-electron chi connectivity index (χ4n) is 3.46. The van der Waals surface area contributed by atoms with Crippen LogP contribution in [0.15, 0.2) is 42.5 Å². The quantitative estimate of drug-likeness (QED) is 0.938. The van der Waals surface area contributed by atoms with Gasteiger partial charge in [-0.15, -0.1) is 0 Å². The van der Waals surface area contributed by atoms with Crippen LogP contribution in [0, 0.1) is 13.8 Å². The van der Waals surface area contributed by atoms with Crippen LogP contribution in [-0.4, -0.2) is 38.2 Å². The van der Waals surface area contributed by atoms with Gasteiger partial charge >= 0.3 is 0 Å². The molecule has 1 heterocycles. The van der Waals surface area contributed by atoms with Crippen LogP contribution in [0.1, 0.15) is 28.3 Å². The molecule has 1 fully saturated rings. The molecule has 1 atom stereocenters. The second-order valence-corrected chi connectivity index (χ2v) is 6.29. The highest BCUT2D eigenvalue weighted by Crippen LogP contribution is 2.36. The normalized spacial score (nSPS) is 17.0. The van der Waals surface area contributed by atoms with Crippen molar-refractivity contribution >= 4 is 0 Å². The molecule has 1 N–H and O–H groups in total. The van der Waals surface area contributed by atoms with Gasteiger partial charge in [-0.1, -0.05) is 42.0 Å². The minimum Gasteiger partial charge on any atom is -0.496 e. The summed E-state index contributed by atoms with van der Waals surface area (Å²) in [7, 11) is 1.76. The summed E-state index contributed by atoms with van der Waals surface area (Å²) >= 11 is 0. The predicted octanol–water partition coefficient (Wildman–Crippen LogP) is 3.31. The molecule has 0 saturated carbocycles. The highest BCUT2D eigenvalue weighted by molar-refractivity contribution is 5.45. The Morgan fingerprint density at radius 1 is 1.00 bits per heavy atom. The average Bonchev–Trinajstić information content (AvgIpc) is 2.58. The standard InChI is InChI=1S/C20H26N2O/c1-15-8-9-19(23-3)18(14-15)20(22-12-10-21-11-13-22)17-7-5-4-6-16(17)2/h4-9,14,20-21H,10-13H2,1-3H3. The van der Waals surface area contributed by atoms with E-state index in [4.69, 9.17) is 4.74 Å². The Labute approximate surface area is 139 Å². The maximum Gasteiger partial charge on any atom is 0.124 e. The summed E-state index contributed by atoms with van der Waals surface area (Å²) in [6, 6.07) is 15.4. The Balaban J connectivity index is 2.12. The second-order valence-electron chi connectivity index (χ2n) is 6.29. The Kier molecular flexibility index (Phi) is 4.99. The van der Waals surface area contributed by atoms with Gasteiger partial charge in [0, 0.05) is 31.7 Å². The van der Waals surface area contributed by atoms with E-state index in [9.17, 15) is 0 Å². The maximum absolute atomic E-state index is 5.69. The minimum absolute atomic E-state index is 0.244. The van der Waals surface area contributed by atoms with Crippen LogP contribution in [0.5, 0.6) is 5.75 Å². The monoisotopic (exact) mass is 310 g/mol. The molecular formula is C20H26N2O. The SMILES string of the molecule is COc1ccc(C)cc1C(c1ccccc1C)N1CCNCC1. The lowest BCUT2D eigenvalue weighted by molar-refractivity contribution is 0.195. The summed E-state index contributed by atoms with van der Waals surface area (Å²) in [5, 5.41) is 3.45. The topological polar surface area (TPSA) is 24.5 Å². The predicted molar refractivity (Wildman–Crippen MR) is 95.2 cm³/mol. The molecule has 122 valence electrons. The van der Waals surface area contributed by atoms with Crippen molar-refractivity contribution in [2.24, 2.45) is 0 Å². The molecule has 2 aromatic rings.